The molecule has 2 aliphatic carbocycles. The van der Waals surface area contributed by atoms with E-state index < -0.39 is 10.0 Å². The Bertz CT molecular complexity index is 637. The van der Waals surface area contributed by atoms with Gasteiger partial charge in [-0.1, -0.05) is 6.42 Å². The predicted octanol–water partition coefficient (Wildman–Crippen LogP) is 1.84. The Morgan fingerprint density at radius 1 is 1.38 bits per heavy atom. The summed E-state index contributed by atoms with van der Waals surface area (Å²) < 4.78 is 28.2. The molecule has 6 nitrogen and oxygen atoms in total. The summed E-state index contributed by atoms with van der Waals surface area (Å²) in [6.45, 7) is 0.500. The monoisotopic (exact) mass is 374 g/mol. The minimum atomic E-state index is -3.61. The van der Waals surface area contributed by atoms with Crippen molar-refractivity contribution in [2.75, 3.05) is 12.0 Å². The molecule has 1 heterocycles. The van der Waals surface area contributed by atoms with E-state index in [-0.39, 0.29) is 10.7 Å². The number of sulfonamides is 1. The molecule has 2 fully saturated rings. The van der Waals surface area contributed by atoms with Gasteiger partial charge < -0.3 is 5.43 Å². The SMILES string of the molecule is NNc1ncc(Br)cc1S(=O)(=O)NCC1CC2CCC1C2. The van der Waals surface area contributed by atoms with Gasteiger partial charge in [0.25, 0.3) is 0 Å². The molecule has 2 saturated carbocycles. The van der Waals surface area contributed by atoms with Gasteiger partial charge in [-0.2, -0.15) is 0 Å². The largest absolute Gasteiger partial charge is 0.307 e. The lowest BCUT2D eigenvalue weighted by Crippen LogP contribution is -2.32. The van der Waals surface area contributed by atoms with E-state index in [9.17, 15) is 8.42 Å². The van der Waals surface area contributed by atoms with Gasteiger partial charge in [0.05, 0.1) is 0 Å². The summed E-state index contributed by atoms with van der Waals surface area (Å²) in [5.41, 5.74) is 2.33. The van der Waals surface area contributed by atoms with Gasteiger partial charge in [-0.3, -0.25) is 0 Å². The molecule has 3 atom stereocenters. The molecule has 21 heavy (non-hydrogen) atoms. The van der Waals surface area contributed by atoms with E-state index in [0.29, 0.717) is 22.9 Å². The van der Waals surface area contributed by atoms with Crippen molar-refractivity contribution < 1.29 is 8.42 Å². The summed E-state index contributed by atoms with van der Waals surface area (Å²) in [6, 6.07) is 1.51. The lowest BCUT2D eigenvalue weighted by molar-refractivity contribution is 0.333. The second-order valence-corrected chi connectivity index (χ2v) is 8.58. The first-order valence-corrected chi connectivity index (χ1v) is 9.39. The van der Waals surface area contributed by atoms with Crippen molar-refractivity contribution >= 4 is 31.8 Å². The Balaban J connectivity index is 1.73. The highest BCUT2D eigenvalue weighted by atomic mass is 79.9. The fourth-order valence-corrected chi connectivity index (χ4v) is 5.38. The molecular weight excluding hydrogens is 356 g/mol. The Labute approximate surface area is 133 Å². The van der Waals surface area contributed by atoms with Crippen LogP contribution in [-0.4, -0.2) is 19.9 Å². The average molecular weight is 375 g/mol. The molecule has 0 spiro atoms. The number of hydrazine groups is 1. The average Bonchev–Trinajstić information content (AvgIpc) is 3.08. The minimum Gasteiger partial charge on any atom is -0.307 e. The first-order valence-electron chi connectivity index (χ1n) is 7.11. The minimum absolute atomic E-state index is 0.0718. The smallest absolute Gasteiger partial charge is 0.244 e. The van der Waals surface area contributed by atoms with E-state index in [0.717, 1.165) is 12.3 Å². The summed E-state index contributed by atoms with van der Waals surface area (Å²) in [7, 11) is -3.61. The lowest BCUT2D eigenvalue weighted by Gasteiger charge is -2.22. The number of hydrogen-bond donors (Lipinski definition) is 3. The van der Waals surface area contributed by atoms with E-state index in [1.54, 1.807) is 0 Å². The molecule has 3 rings (SSSR count). The number of nitrogens with one attached hydrogen (secondary N) is 2. The summed E-state index contributed by atoms with van der Waals surface area (Å²) in [5.74, 6) is 7.45. The van der Waals surface area contributed by atoms with Crippen LogP contribution in [0, 0.1) is 17.8 Å². The van der Waals surface area contributed by atoms with Crippen LogP contribution in [0.3, 0.4) is 0 Å². The maximum absolute atomic E-state index is 12.5. The summed E-state index contributed by atoms with van der Waals surface area (Å²) in [5, 5.41) is 0. The molecule has 8 heteroatoms. The second-order valence-electron chi connectivity index (χ2n) is 5.93. The number of aromatic nitrogens is 1. The van der Waals surface area contributed by atoms with Crippen molar-refractivity contribution in [1.82, 2.24) is 9.71 Å². The van der Waals surface area contributed by atoms with Crippen LogP contribution >= 0.6 is 15.9 Å². The van der Waals surface area contributed by atoms with Crippen LogP contribution in [0.25, 0.3) is 0 Å². The lowest BCUT2D eigenvalue weighted by atomic mass is 9.89. The van der Waals surface area contributed by atoms with E-state index >= 15 is 0 Å². The van der Waals surface area contributed by atoms with Crippen LogP contribution in [0.1, 0.15) is 25.7 Å². The molecule has 2 bridgehead atoms. The van der Waals surface area contributed by atoms with Gasteiger partial charge in [-0.05, 0) is 59.0 Å². The zero-order valence-corrected chi connectivity index (χ0v) is 14.0. The summed E-state index contributed by atoms with van der Waals surface area (Å²) in [4.78, 5) is 4.05. The van der Waals surface area contributed by atoms with E-state index in [1.807, 2.05) is 0 Å². The van der Waals surface area contributed by atoms with Gasteiger partial charge in [-0.15, -0.1) is 0 Å². The van der Waals surface area contributed by atoms with Crippen molar-refractivity contribution in [3.05, 3.63) is 16.7 Å². The highest BCUT2D eigenvalue weighted by Crippen LogP contribution is 2.48. The van der Waals surface area contributed by atoms with Gasteiger partial charge >= 0.3 is 0 Å². The number of nitrogen functional groups attached to an aromatic ring is 1. The van der Waals surface area contributed by atoms with E-state index in [4.69, 9.17) is 5.84 Å². The maximum atomic E-state index is 12.5. The van der Waals surface area contributed by atoms with Gasteiger partial charge in [0, 0.05) is 17.2 Å². The topological polar surface area (TPSA) is 97.1 Å². The number of halogens is 1. The number of anilines is 1. The Kier molecular flexibility index (Phi) is 4.22. The standard InChI is InChI=1S/C13H19BrN4O2S/c14-11-5-12(13(18-15)16-7-11)21(19,20)17-6-10-4-8-1-2-9(10)3-8/h5,7-10,17H,1-4,6,15H2,(H,16,18). The van der Waals surface area contributed by atoms with Crippen molar-refractivity contribution in [2.24, 2.45) is 23.6 Å². The van der Waals surface area contributed by atoms with Crippen LogP contribution in [-0.2, 0) is 10.0 Å². The molecule has 1 aromatic rings. The van der Waals surface area contributed by atoms with Crippen molar-refractivity contribution in [3.8, 4) is 0 Å². The van der Waals surface area contributed by atoms with Crippen LogP contribution in [0.15, 0.2) is 21.6 Å². The molecule has 0 aromatic carbocycles. The van der Waals surface area contributed by atoms with Gasteiger partial charge in [0.1, 0.15) is 4.90 Å². The fraction of sp³-hybridized carbons (Fsp3) is 0.615. The number of rotatable bonds is 5. The fourth-order valence-electron chi connectivity index (χ4n) is 3.65. The molecular formula is C13H19BrN4O2S. The number of hydrogen-bond acceptors (Lipinski definition) is 5. The van der Waals surface area contributed by atoms with Gasteiger partial charge in [-0.25, -0.2) is 24.0 Å². The van der Waals surface area contributed by atoms with Crippen molar-refractivity contribution in [1.29, 1.82) is 0 Å². The predicted molar refractivity (Wildman–Crippen MR) is 83.9 cm³/mol. The summed E-state index contributed by atoms with van der Waals surface area (Å²) in [6.07, 6.45) is 6.46. The van der Waals surface area contributed by atoms with Crippen LogP contribution < -0.4 is 16.0 Å². The van der Waals surface area contributed by atoms with Crippen LogP contribution in [0.2, 0.25) is 0 Å². The molecule has 116 valence electrons. The van der Waals surface area contributed by atoms with Crippen molar-refractivity contribution in [3.63, 3.8) is 0 Å². The second kappa shape index (κ2) is 5.83. The van der Waals surface area contributed by atoms with Gasteiger partial charge in [0.15, 0.2) is 5.82 Å². The number of fused-ring (bicyclic) bond motifs is 2. The first kappa shape index (κ1) is 15.2. The zero-order chi connectivity index (χ0) is 15.0. The zero-order valence-electron chi connectivity index (χ0n) is 11.5. The highest BCUT2D eigenvalue weighted by molar-refractivity contribution is 9.10. The molecule has 0 aliphatic heterocycles. The van der Waals surface area contributed by atoms with E-state index in [1.165, 1.54) is 31.5 Å². The molecule has 0 amide bonds. The molecule has 1 aromatic heterocycles. The molecule has 0 saturated heterocycles. The third-order valence-corrected chi connectivity index (χ3v) is 6.54. The quantitative estimate of drug-likeness (QED) is 0.539. The summed E-state index contributed by atoms with van der Waals surface area (Å²) >= 11 is 3.24. The molecule has 0 radical (unpaired) electrons. The molecule has 3 unspecified atom stereocenters. The Morgan fingerprint density at radius 3 is 2.81 bits per heavy atom. The normalized spacial score (nSPS) is 28.0. The number of nitrogens with two attached hydrogens (primary N) is 1. The Morgan fingerprint density at radius 2 is 2.19 bits per heavy atom. The molecule has 2 aliphatic rings. The highest BCUT2D eigenvalue weighted by Gasteiger charge is 2.39. The third kappa shape index (κ3) is 3.08. The first-order chi connectivity index (χ1) is 9.99. The Hall–Kier alpha value is -0.700. The third-order valence-electron chi connectivity index (χ3n) is 4.67. The van der Waals surface area contributed by atoms with E-state index in [2.05, 4.69) is 31.1 Å². The number of nitrogens with zero attached hydrogens (tertiary/aromatic N) is 1. The number of pyridine rings is 1. The van der Waals surface area contributed by atoms with Gasteiger partial charge in [0.2, 0.25) is 10.0 Å². The maximum Gasteiger partial charge on any atom is 0.244 e. The van der Waals surface area contributed by atoms with Crippen LogP contribution in [0.4, 0.5) is 5.82 Å². The van der Waals surface area contributed by atoms with Crippen molar-refractivity contribution in [2.45, 2.75) is 30.6 Å². The van der Waals surface area contributed by atoms with Crippen LogP contribution in [0.5, 0.6) is 0 Å². The molecule has 4 N–H and O–H groups in total.